The van der Waals surface area contributed by atoms with E-state index in [4.69, 9.17) is 18.7 Å². The van der Waals surface area contributed by atoms with Gasteiger partial charge in [-0.1, -0.05) is 41.5 Å². The van der Waals surface area contributed by atoms with Crippen molar-refractivity contribution in [3.05, 3.63) is 0 Å². The maximum Gasteiger partial charge on any atom is 0.310 e. The highest BCUT2D eigenvalue weighted by Gasteiger charge is 2.45. The lowest BCUT2D eigenvalue weighted by molar-refractivity contribution is -0.215. The number of aliphatic carboxylic acids is 1. The van der Waals surface area contributed by atoms with E-state index in [0.717, 1.165) is 0 Å². The molecule has 0 bridgehead atoms. The monoisotopic (exact) mass is 392 g/mol. The number of hydrogen-bond donors (Lipinski definition) is 1. The molecule has 0 rings (SSSR count). The third-order valence-corrected chi connectivity index (χ3v) is 14.0. The molecule has 148 valence electrons. The molecule has 0 saturated heterocycles. The van der Waals surface area contributed by atoms with Crippen LogP contribution in [0.15, 0.2) is 0 Å². The molecule has 0 aliphatic heterocycles. The van der Waals surface area contributed by atoms with Crippen molar-refractivity contribution < 1.29 is 28.3 Å². The zero-order chi connectivity index (χ0) is 20.3. The SMILES string of the molecule is CC(C)(C)[Si](C)(C)OC(OC(=O)CCC(=O)O)O[Si](C)(C)C(C)(C)C. The van der Waals surface area contributed by atoms with Gasteiger partial charge in [0.1, 0.15) is 0 Å². The van der Waals surface area contributed by atoms with Gasteiger partial charge in [-0.05, 0) is 36.3 Å². The normalized spacial score (nSPS) is 13.9. The fourth-order valence-electron chi connectivity index (χ4n) is 1.28. The number of carbonyl (C=O) groups excluding carboxylic acids is 1. The van der Waals surface area contributed by atoms with Gasteiger partial charge in [-0.25, -0.2) is 0 Å². The van der Waals surface area contributed by atoms with Crippen molar-refractivity contribution in [3.63, 3.8) is 0 Å². The van der Waals surface area contributed by atoms with Gasteiger partial charge in [0, 0.05) is 0 Å². The predicted molar refractivity (Wildman–Crippen MR) is 103 cm³/mol. The topological polar surface area (TPSA) is 82.1 Å². The van der Waals surface area contributed by atoms with Crippen LogP contribution in [-0.4, -0.2) is 40.2 Å². The fraction of sp³-hybridized carbons (Fsp3) is 0.882. The summed E-state index contributed by atoms with van der Waals surface area (Å²) in [6.07, 6.45) is -0.473. The number of hydrogen-bond acceptors (Lipinski definition) is 5. The average molecular weight is 393 g/mol. The quantitative estimate of drug-likeness (QED) is 0.365. The second-order valence-electron chi connectivity index (χ2n) is 9.43. The summed E-state index contributed by atoms with van der Waals surface area (Å²) in [7, 11) is -4.47. The van der Waals surface area contributed by atoms with Crippen molar-refractivity contribution in [1.29, 1.82) is 0 Å². The van der Waals surface area contributed by atoms with Crippen LogP contribution in [0.3, 0.4) is 0 Å². The van der Waals surface area contributed by atoms with Crippen LogP contribution in [0.4, 0.5) is 0 Å². The number of carboxylic acids is 1. The van der Waals surface area contributed by atoms with Crippen LogP contribution in [0.5, 0.6) is 0 Å². The van der Waals surface area contributed by atoms with Gasteiger partial charge in [-0.15, -0.1) is 0 Å². The molecule has 1 N–H and O–H groups in total. The molecular formula is C17H36O6Si2. The number of ether oxygens (including phenoxy) is 1. The van der Waals surface area contributed by atoms with Gasteiger partial charge in [0.2, 0.25) is 0 Å². The first-order chi connectivity index (χ1) is 10.9. The summed E-state index contributed by atoms with van der Waals surface area (Å²) in [5, 5.41) is 8.58. The number of carboxylic acid groups (broad SMARTS) is 1. The van der Waals surface area contributed by atoms with Crippen LogP contribution in [0, 0.1) is 0 Å². The van der Waals surface area contributed by atoms with Crippen LogP contribution in [0.25, 0.3) is 0 Å². The maximum absolute atomic E-state index is 12.0. The van der Waals surface area contributed by atoms with Crippen molar-refractivity contribution in [2.75, 3.05) is 0 Å². The second kappa shape index (κ2) is 8.32. The molecule has 0 amide bonds. The van der Waals surface area contributed by atoms with E-state index in [1.807, 2.05) is 0 Å². The van der Waals surface area contributed by atoms with E-state index in [1.165, 1.54) is 0 Å². The second-order valence-corrected chi connectivity index (χ2v) is 18.9. The third-order valence-electron chi connectivity index (χ3n) is 5.16. The number of carbonyl (C=O) groups is 2. The molecule has 0 saturated carbocycles. The smallest absolute Gasteiger partial charge is 0.310 e. The molecule has 0 aromatic carbocycles. The first-order valence-electron chi connectivity index (χ1n) is 8.66. The van der Waals surface area contributed by atoms with E-state index in [2.05, 4.69) is 67.7 Å². The lowest BCUT2D eigenvalue weighted by Crippen LogP contribution is -2.51. The van der Waals surface area contributed by atoms with Gasteiger partial charge < -0.3 is 18.7 Å². The van der Waals surface area contributed by atoms with Crippen molar-refractivity contribution in [3.8, 4) is 0 Å². The number of rotatable bonds is 8. The van der Waals surface area contributed by atoms with Crippen LogP contribution in [0.2, 0.25) is 36.3 Å². The van der Waals surface area contributed by atoms with Crippen LogP contribution < -0.4 is 0 Å². The van der Waals surface area contributed by atoms with Gasteiger partial charge in [0.15, 0.2) is 16.6 Å². The Balaban J connectivity index is 5.32. The Morgan fingerprint density at radius 1 is 0.840 bits per heavy atom. The van der Waals surface area contributed by atoms with Crippen molar-refractivity contribution in [2.24, 2.45) is 0 Å². The summed E-state index contributed by atoms with van der Waals surface area (Å²) in [5.41, 5.74) is 0. The van der Waals surface area contributed by atoms with Gasteiger partial charge >= 0.3 is 11.9 Å². The summed E-state index contributed by atoms with van der Waals surface area (Å²) in [4.78, 5) is 22.7. The molecular weight excluding hydrogens is 356 g/mol. The standard InChI is InChI=1S/C17H36O6Si2/c1-16(2,3)24(7,8)22-15(21-14(20)12-11-13(18)19)23-25(9,10)17(4,5)6/h15H,11-12H2,1-10H3,(H,18,19). The Morgan fingerprint density at radius 3 is 1.48 bits per heavy atom. The maximum atomic E-state index is 12.0. The van der Waals surface area contributed by atoms with E-state index < -0.39 is 35.0 Å². The van der Waals surface area contributed by atoms with Crippen LogP contribution in [0.1, 0.15) is 54.4 Å². The minimum atomic E-state index is -2.23. The van der Waals surface area contributed by atoms with Gasteiger partial charge in [-0.2, -0.15) is 0 Å². The molecule has 0 unspecified atom stereocenters. The predicted octanol–water partition coefficient (Wildman–Crippen LogP) is 4.72. The summed E-state index contributed by atoms with van der Waals surface area (Å²) in [5.74, 6) is -1.66. The molecule has 0 aromatic rings. The molecule has 0 aromatic heterocycles. The van der Waals surface area contributed by atoms with E-state index in [0.29, 0.717) is 0 Å². The van der Waals surface area contributed by atoms with E-state index in [-0.39, 0.29) is 22.9 Å². The van der Waals surface area contributed by atoms with E-state index >= 15 is 0 Å². The Bertz CT molecular complexity index is 447. The van der Waals surface area contributed by atoms with Crippen LogP contribution in [-0.2, 0) is 23.2 Å². The average Bonchev–Trinajstić information content (AvgIpc) is 2.32. The Morgan fingerprint density at radius 2 is 1.20 bits per heavy atom. The summed E-state index contributed by atoms with van der Waals surface area (Å²) >= 11 is 0. The first-order valence-corrected chi connectivity index (χ1v) is 14.5. The molecule has 8 heteroatoms. The highest BCUT2D eigenvalue weighted by molar-refractivity contribution is 6.75. The number of esters is 1. The summed E-state index contributed by atoms with van der Waals surface area (Å²) in [6.45, 7) is 19.7. The van der Waals surface area contributed by atoms with Crippen molar-refractivity contribution in [2.45, 2.75) is 97.1 Å². The zero-order valence-corrected chi connectivity index (χ0v) is 19.5. The summed E-state index contributed by atoms with van der Waals surface area (Å²) in [6, 6.07) is 0. The molecule has 0 radical (unpaired) electrons. The fourth-order valence-corrected chi connectivity index (χ4v) is 3.24. The molecule has 0 atom stereocenters. The molecule has 0 aliphatic carbocycles. The Kier molecular flexibility index (Phi) is 8.09. The van der Waals surface area contributed by atoms with E-state index in [9.17, 15) is 9.59 Å². The van der Waals surface area contributed by atoms with E-state index in [1.54, 1.807) is 0 Å². The molecule has 6 nitrogen and oxygen atoms in total. The zero-order valence-electron chi connectivity index (χ0n) is 17.5. The highest BCUT2D eigenvalue weighted by atomic mass is 28.4. The molecule has 0 fully saturated rings. The van der Waals surface area contributed by atoms with Gasteiger partial charge in [-0.3, -0.25) is 9.59 Å². The largest absolute Gasteiger partial charge is 0.481 e. The Labute approximate surface area is 154 Å². The molecule has 0 spiro atoms. The Hall–Kier alpha value is -0.706. The van der Waals surface area contributed by atoms with Gasteiger partial charge in [0.05, 0.1) is 12.8 Å². The van der Waals surface area contributed by atoms with Crippen molar-refractivity contribution in [1.82, 2.24) is 0 Å². The van der Waals surface area contributed by atoms with Crippen LogP contribution >= 0.6 is 0 Å². The minimum Gasteiger partial charge on any atom is -0.481 e. The van der Waals surface area contributed by atoms with Gasteiger partial charge in [0.25, 0.3) is 6.48 Å². The molecule has 0 aliphatic rings. The lowest BCUT2D eigenvalue weighted by Gasteiger charge is -2.43. The highest BCUT2D eigenvalue weighted by Crippen LogP contribution is 2.41. The first kappa shape index (κ1) is 24.3. The molecule has 0 heterocycles. The minimum absolute atomic E-state index is 0.0739. The van der Waals surface area contributed by atoms with Crippen molar-refractivity contribution >= 4 is 28.6 Å². The third kappa shape index (κ3) is 8.02. The summed E-state index contributed by atoms with van der Waals surface area (Å²) < 4.78 is 17.7. The lowest BCUT2D eigenvalue weighted by atomic mass is 10.2. The molecule has 25 heavy (non-hydrogen) atoms.